The number of nitrogens with one attached hydrogen (secondary N) is 1. The van der Waals surface area contributed by atoms with Gasteiger partial charge in [-0.2, -0.15) is 0 Å². The van der Waals surface area contributed by atoms with Crippen molar-refractivity contribution in [1.29, 1.82) is 0 Å². The van der Waals surface area contributed by atoms with Gasteiger partial charge in [0.1, 0.15) is 0 Å². The van der Waals surface area contributed by atoms with Gasteiger partial charge in [-0.15, -0.1) is 21.5 Å². The number of anilines is 1. The summed E-state index contributed by atoms with van der Waals surface area (Å²) in [6.07, 6.45) is 0.947. The fourth-order valence-electron chi connectivity index (χ4n) is 3.25. The molecule has 6 nitrogen and oxygen atoms in total. The van der Waals surface area contributed by atoms with E-state index < -0.39 is 0 Å². The highest BCUT2D eigenvalue weighted by molar-refractivity contribution is 7.99. The first kappa shape index (κ1) is 22.2. The zero-order chi connectivity index (χ0) is 21.8. The quantitative estimate of drug-likeness (QED) is 0.374. The number of nitrogens with zero attached hydrogens (tertiary/aromatic N) is 3. The lowest BCUT2D eigenvalue weighted by Crippen LogP contribution is -2.15. The van der Waals surface area contributed by atoms with Gasteiger partial charge in [0.25, 0.3) is 0 Å². The van der Waals surface area contributed by atoms with E-state index in [1.54, 1.807) is 35.6 Å². The number of aromatic nitrogens is 3. The molecule has 0 saturated carbocycles. The van der Waals surface area contributed by atoms with Crippen LogP contribution in [0.2, 0.25) is 0 Å². The Bertz CT molecular complexity index is 1050. The van der Waals surface area contributed by atoms with Crippen LogP contribution in [0.3, 0.4) is 0 Å². The highest BCUT2D eigenvalue weighted by Gasteiger charge is 2.21. The second-order valence-electron chi connectivity index (χ2n) is 7.28. The van der Waals surface area contributed by atoms with E-state index in [2.05, 4.69) is 53.2 Å². The van der Waals surface area contributed by atoms with Crippen LogP contribution in [0.15, 0.2) is 34.8 Å². The minimum atomic E-state index is -0.129. The molecule has 0 aliphatic rings. The molecule has 0 aliphatic heterocycles. The number of hydrogen-bond donors (Lipinski definition) is 1. The van der Waals surface area contributed by atoms with Gasteiger partial charge in [-0.05, 0) is 63.9 Å². The molecular weight excluding hydrogens is 416 g/mol. The maximum Gasteiger partial charge on any atom is 0.234 e. The summed E-state index contributed by atoms with van der Waals surface area (Å²) in [6.45, 7) is 9.99. The van der Waals surface area contributed by atoms with E-state index in [4.69, 9.17) is 0 Å². The van der Waals surface area contributed by atoms with Gasteiger partial charge in [0.05, 0.1) is 5.75 Å². The molecule has 1 amide bonds. The van der Waals surface area contributed by atoms with E-state index in [1.165, 1.54) is 29.1 Å². The summed E-state index contributed by atoms with van der Waals surface area (Å²) >= 11 is 3.10. The summed E-state index contributed by atoms with van der Waals surface area (Å²) < 4.78 is 2.10. The fraction of sp³-hybridized carbons (Fsp3) is 0.364. The highest BCUT2D eigenvalue weighted by atomic mass is 32.2. The van der Waals surface area contributed by atoms with Crippen molar-refractivity contribution >= 4 is 40.5 Å². The standard InChI is InChI=1S/C22H26N4O2S2/c1-6-18-15(5)29-11-19(18)21-24-25-22(26(21)13(2)3)30-12-20(28)23-17-9-7-16(8-10-17)14(4)27/h7-11,13H,6,12H2,1-5H3,(H,23,28). The van der Waals surface area contributed by atoms with Crippen LogP contribution in [0.5, 0.6) is 0 Å². The van der Waals surface area contributed by atoms with Crippen LogP contribution in [0.1, 0.15) is 54.5 Å². The molecule has 0 fully saturated rings. The van der Waals surface area contributed by atoms with Crippen LogP contribution in [0.25, 0.3) is 11.4 Å². The van der Waals surface area contributed by atoms with E-state index >= 15 is 0 Å². The monoisotopic (exact) mass is 442 g/mol. The molecule has 158 valence electrons. The SMILES string of the molecule is CCc1c(-c2nnc(SCC(=O)Nc3ccc(C(C)=O)cc3)n2C(C)C)csc1C. The molecule has 0 radical (unpaired) electrons. The first-order valence-electron chi connectivity index (χ1n) is 9.87. The highest BCUT2D eigenvalue weighted by Crippen LogP contribution is 2.34. The second kappa shape index (κ2) is 9.57. The summed E-state index contributed by atoms with van der Waals surface area (Å²) in [4.78, 5) is 25.1. The molecule has 1 aromatic carbocycles. The maximum absolute atomic E-state index is 12.4. The van der Waals surface area contributed by atoms with Gasteiger partial charge in [0.2, 0.25) is 5.91 Å². The number of Topliss-reactive ketones (excluding diaryl/α,β-unsaturated/α-hetero) is 1. The van der Waals surface area contributed by atoms with Crippen molar-refractivity contribution in [3.05, 3.63) is 45.6 Å². The third-order valence-corrected chi connectivity index (χ3v) is 6.68. The largest absolute Gasteiger partial charge is 0.325 e. The smallest absolute Gasteiger partial charge is 0.234 e. The molecule has 1 N–H and O–H groups in total. The molecule has 0 aliphatic carbocycles. The maximum atomic E-state index is 12.4. The Balaban J connectivity index is 1.73. The second-order valence-corrected chi connectivity index (χ2v) is 9.30. The minimum Gasteiger partial charge on any atom is -0.325 e. The number of thioether (sulfide) groups is 1. The van der Waals surface area contributed by atoms with Crippen LogP contribution in [0.4, 0.5) is 5.69 Å². The average molecular weight is 443 g/mol. The predicted octanol–water partition coefficient (Wildman–Crippen LogP) is 5.39. The number of hydrogen-bond acceptors (Lipinski definition) is 6. The lowest BCUT2D eigenvalue weighted by Gasteiger charge is -2.14. The first-order chi connectivity index (χ1) is 14.3. The van der Waals surface area contributed by atoms with Crippen molar-refractivity contribution in [2.24, 2.45) is 0 Å². The molecule has 2 heterocycles. The number of carbonyl (C=O) groups is 2. The fourth-order valence-corrected chi connectivity index (χ4v) is 5.05. The van der Waals surface area contributed by atoms with E-state index in [0.29, 0.717) is 11.3 Å². The number of amides is 1. The predicted molar refractivity (Wildman–Crippen MR) is 124 cm³/mol. The lowest BCUT2D eigenvalue weighted by molar-refractivity contribution is -0.113. The van der Waals surface area contributed by atoms with Gasteiger partial charge in [0, 0.05) is 33.1 Å². The summed E-state index contributed by atoms with van der Waals surface area (Å²) in [7, 11) is 0. The topological polar surface area (TPSA) is 76.9 Å². The van der Waals surface area contributed by atoms with E-state index in [9.17, 15) is 9.59 Å². The Morgan fingerprint density at radius 1 is 1.20 bits per heavy atom. The van der Waals surface area contributed by atoms with Crippen molar-refractivity contribution in [2.75, 3.05) is 11.1 Å². The van der Waals surface area contributed by atoms with Crippen LogP contribution in [0, 0.1) is 6.92 Å². The average Bonchev–Trinajstić information content (AvgIpc) is 3.29. The van der Waals surface area contributed by atoms with Gasteiger partial charge in [0.15, 0.2) is 16.8 Å². The molecule has 30 heavy (non-hydrogen) atoms. The zero-order valence-electron chi connectivity index (χ0n) is 17.9. The molecule has 0 unspecified atom stereocenters. The van der Waals surface area contributed by atoms with Crippen LogP contribution >= 0.6 is 23.1 Å². The third kappa shape index (κ3) is 4.82. The first-order valence-corrected chi connectivity index (χ1v) is 11.7. The van der Waals surface area contributed by atoms with Gasteiger partial charge in [-0.3, -0.25) is 14.2 Å². The van der Waals surface area contributed by atoms with Crippen molar-refractivity contribution in [3.8, 4) is 11.4 Å². The van der Waals surface area contributed by atoms with Crippen LogP contribution < -0.4 is 5.32 Å². The summed E-state index contributed by atoms with van der Waals surface area (Å²) in [5.41, 5.74) is 3.72. The van der Waals surface area contributed by atoms with Gasteiger partial charge in [-0.25, -0.2) is 0 Å². The van der Waals surface area contributed by atoms with E-state index in [0.717, 1.165) is 23.0 Å². The summed E-state index contributed by atoms with van der Waals surface area (Å²) in [5.74, 6) is 0.951. The Kier molecular flexibility index (Phi) is 7.10. The van der Waals surface area contributed by atoms with Gasteiger partial charge >= 0.3 is 0 Å². The zero-order valence-corrected chi connectivity index (χ0v) is 19.5. The molecule has 0 atom stereocenters. The molecule has 8 heteroatoms. The number of thiophene rings is 1. The molecule has 3 aromatic rings. The third-order valence-electron chi connectivity index (χ3n) is 4.79. The van der Waals surface area contributed by atoms with Crippen LogP contribution in [-0.2, 0) is 11.2 Å². The summed E-state index contributed by atoms with van der Waals surface area (Å²) in [5, 5.41) is 14.6. The van der Waals surface area contributed by atoms with Crippen molar-refractivity contribution in [1.82, 2.24) is 14.8 Å². The molecule has 3 rings (SSSR count). The van der Waals surface area contributed by atoms with Crippen molar-refractivity contribution in [2.45, 2.75) is 52.2 Å². The molecule has 0 spiro atoms. The lowest BCUT2D eigenvalue weighted by atomic mass is 10.1. The molecule has 2 aromatic heterocycles. The Morgan fingerprint density at radius 3 is 2.50 bits per heavy atom. The number of benzene rings is 1. The van der Waals surface area contributed by atoms with Crippen molar-refractivity contribution < 1.29 is 9.59 Å². The Labute approximate surface area is 185 Å². The molecular formula is C22H26N4O2S2. The Morgan fingerprint density at radius 2 is 1.90 bits per heavy atom. The normalized spacial score (nSPS) is 11.1. The molecule has 0 saturated heterocycles. The van der Waals surface area contributed by atoms with Gasteiger partial charge in [-0.1, -0.05) is 18.7 Å². The summed E-state index contributed by atoms with van der Waals surface area (Å²) in [6, 6.07) is 7.06. The number of rotatable bonds is 8. The van der Waals surface area contributed by atoms with E-state index in [1.807, 2.05) is 0 Å². The van der Waals surface area contributed by atoms with Crippen LogP contribution in [-0.4, -0.2) is 32.2 Å². The number of ketones is 1. The number of carbonyl (C=O) groups excluding carboxylic acids is 2. The minimum absolute atomic E-state index is 0.000644. The molecule has 0 bridgehead atoms. The van der Waals surface area contributed by atoms with Gasteiger partial charge < -0.3 is 5.32 Å². The van der Waals surface area contributed by atoms with Crippen molar-refractivity contribution in [3.63, 3.8) is 0 Å². The Hall–Kier alpha value is -2.45. The van der Waals surface area contributed by atoms with E-state index in [-0.39, 0.29) is 23.5 Å². The number of aryl methyl sites for hydroxylation is 1.